The molecule has 3 fully saturated rings. The van der Waals surface area contributed by atoms with Crippen LogP contribution >= 0.6 is 34.8 Å². The van der Waals surface area contributed by atoms with Gasteiger partial charge in [0.15, 0.2) is 6.61 Å². The zero-order valence-electron chi connectivity index (χ0n) is 14.6. The van der Waals surface area contributed by atoms with E-state index in [2.05, 4.69) is 15.6 Å². The molecule has 5 rings (SSSR count). The summed E-state index contributed by atoms with van der Waals surface area (Å²) in [5.41, 5.74) is -0.211. The third-order valence-electron chi connectivity index (χ3n) is 5.03. The van der Waals surface area contributed by atoms with Gasteiger partial charge in [-0.15, -0.1) is 0 Å². The molecule has 3 aliphatic carbocycles. The summed E-state index contributed by atoms with van der Waals surface area (Å²) in [7, 11) is 0. The highest BCUT2D eigenvalue weighted by Gasteiger charge is 2.69. The van der Waals surface area contributed by atoms with E-state index in [4.69, 9.17) is 39.5 Å². The summed E-state index contributed by atoms with van der Waals surface area (Å²) >= 11 is 17.6. The van der Waals surface area contributed by atoms with E-state index in [-0.39, 0.29) is 29.5 Å². The second-order valence-corrected chi connectivity index (χ2v) is 8.57. The zero-order chi connectivity index (χ0) is 19.9. The molecule has 1 heterocycles. The molecule has 0 saturated heterocycles. The molecular weight excluding hydrogens is 425 g/mol. The highest BCUT2D eigenvalue weighted by molar-refractivity contribution is 6.42. The van der Waals surface area contributed by atoms with Gasteiger partial charge < -0.3 is 15.4 Å². The van der Waals surface area contributed by atoms with Crippen LogP contribution in [-0.2, 0) is 4.79 Å². The second-order valence-electron chi connectivity index (χ2n) is 7.32. The summed E-state index contributed by atoms with van der Waals surface area (Å²) in [6, 6.07) is 8.04. The molecule has 2 N–H and O–H groups in total. The molecule has 2 amide bonds. The van der Waals surface area contributed by atoms with E-state index in [1.54, 1.807) is 30.3 Å². The first-order chi connectivity index (χ1) is 13.3. The van der Waals surface area contributed by atoms with Crippen molar-refractivity contribution in [2.45, 2.75) is 30.3 Å². The Morgan fingerprint density at radius 3 is 2.36 bits per heavy atom. The van der Waals surface area contributed by atoms with E-state index in [0.717, 1.165) is 0 Å². The number of benzene rings is 1. The lowest BCUT2D eigenvalue weighted by Gasteiger charge is -2.70. The number of halogens is 3. The van der Waals surface area contributed by atoms with Crippen molar-refractivity contribution in [2.24, 2.45) is 0 Å². The van der Waals surface area contributed by atoms with Gasteiger partial charge in [-0.25, -0.2) is 4.98 Å². The number of hydrogen-bond acceptors (Lipinski definition) is 4. The van der Waals surface area contributed by atoms with Gasteiger partial charge in [-0.1, -0.05) is 34.8 Å². The topological polar surface area (TPSA) is 80.3 Å². The number of nitrogens with one attached hydrogen (secondary N) is 2. The fraction of sp³-hybridized carbons (Fsp3) is 0.316. The fourth-order valence-electron chi connectivity index (χ4n) is 3.92. The number of ether oxygens (including phenoxy) is 1. The number of carbonyl (C=O) groups is 2. The first kappa shape index (κ1) is 19.3. The van der Waals surface area contributed by atoms with Crippen LogP contribution in [0.5, 0.6) is 5.75 Å². The molecule has 2 bridgehead atoms. The van der Waals surface area contributed by atoms with Gasteiger partial charge in [0, 0.05) is 23.3 Å². The Labute approximate surface area is 176 Å². The molecule has 0 aliphatic heterocycles. The fourth-order valence-corrected chi connectivity index (χ4v) is 4.32. The Bertz CT molecular complexity index is 929. The van der Waals surface area contributed by atoms with Crippen LogP contribution < -0.4 is 15.4 Å². The van der Waals surface area contributed by atoms with Crippen LogP contribution in [0.3, 0.4) is 0 Å². The maximum atomic E-state index is 12.3. The van der Waals surface area contributed by atoms with Crippen LogP contribution in [0.2, 0.25) is 15.1 Å². The maximum absolute atomic E-state index is 12.3. The summed E-state index contributed by atoms with van der Waals surface area (Å²) in [6.45, 7) is -0.117. The molecular formula is C19H16Cl3N3O3. The van der Waals surface area contributed by atoms with Gasteiger partial charge in [0.1, 0.15) is 11.4 Å². The average molecular weight is 441 g/mol. The minimum absolute atomic E-state index is 0.117. The normalized spacial score (nSPS) is 24.5. The van der Waals surface area contributed by atoms with Gasteiger partial charge in [-0.2, -0.15) is 0 Å². The van der Waals surface area contributed by atoms with Crippen LogP contribution in [-0.4, -0.2) is 34.5 Å². The second kappa shape index (κ2) is 7.10. The number of aromatic nitrogens is 1. The number of hydrogen-bond donors (Lipinski definition) is 2. The van der Waals surface area contributed by atoms with Crippen molar-refractivity contribution in [2.75, 3.05) is 6.61 Å². The highest BCUT2D eigenvalue weighted by atomic mass is 35.5. The monoisotopic (exact) mass is 439 g/mol. The van der Waals surface area contributed by atoms with Crippen molar-refractivity contribution in [3.63, 3.8) is 0 Å². The Balaban J connectivity index is 1.24. The minimum atomic E-state index is -0.268. The predicted octanol–water partition coefficient (Wildman–Crippen LogP) is 3.64. The molecule has 28 heavy (non-hydrogen) atoms. The van der Waals surface area contributed by atoms with Gasteiger partial charge in [0.25, 0.3) is 11.8 Å². The molecule has 0 spiro atoms. The SMILES string of the molecule is O=C(COc1ccc(Cl)c(Cl)c1)NC12CC(NC(=O)c3ccc(Cl)cn3)(C1)C2. The molecule has 3 aliphatic rings. The Morgan fingerprint density at radius 1 is 1.00 bits per heavy atom. The third-order valence-corrected chi connectivity index (χ3v) is 6.00. The first-order valence-corrected chi connectivity index (χ1v) is 9.75. The zero-order valence-corrected chi connectivity index (χ0v) is 16.9. The Morgan fingerprint density at radius 2 is 1.71 bits per heavy atom. The van der Waals surface area contributed by atoms with Crippen LogP contribution in [0.15, 0.2) is 36.5 Å². The van der Waals surface area contributed by atoms with E-state index < -0.39 is 0 Å². The molecule has 6 nitrogen and oxygen atoms in total. The molecule has 1 aromatic carbocycles. The smallest absolute Gasteiger partial charge is 0.270 e. The number of rotatable bonds is 6. The number of pyridine rings is 1. The molecule has 2 aromatic rings. The lowest BCUT2D eigenvalue weighted by molar-refractivity contribution is -0.141. The van der Waals surface area contributed by atoms with Crippen molar-refractivity contribution in [1.29, 1.82) is 0 Å². The van der Waals surface area contributed by atoms with Gasteiger partial charge in [-0.3, -0.25) is 9.59 Å². The van der Waals surface area contributed by atoms with Gasteiger partial charge in [0.2, 0.25) is 0 Å². The van der Waals surface area contributed by atoms with Crippen LogP contribution in [0.1, 0.15) is 29.8 Å². The van der Waals surface area contributed by atoms with Crippen LogP contribution in [0, 0.1) is 0 Å². The summed E-state index contributed by atoms with van der Waals surface area (Å²) in [5.74, 6) is 0.0191. The van der Waals surface area contributed by atoms with E-state index in [1.165, 1.54) is 6.20 Å². The molecule has 0 radical (unpaired) electrons. The van der Waals surface area contributed by atoms with E-state index in [1.807, 2.05) is 0 Å². The Kier molecular flexibility index (Phi) is 4.89. The molecule has 146 valence electrons. The number of carbonyl (C=O) groups excluding carboxylic acids is 2. The standard InChI is InChI=1S/C19H16Cl3N3O3/c20-11-1-4-15(23-6-11)17(27)25-19-8-18(9-19,10-19)24-16(26)7-28-12-2-3-13(21)14(22)5-12/h1-6H,7-10H2,(H,24,26)(H,25,27). The largest absolute Gasteiger partial charge is 0.484 e. The van der Waals surface area contributed by atoms with Crippen molar-refractivity contribution in [1.82, 2.24) is 15.6 Å². The van der Waals surface area contributed by atoms with Crippen molar-refractivity contribution >= 4 is 46.6 Å². The van der Waals surface area contributed by atoms with Crippen LogP contribution in [0.4, 0.5) is 0 Å². The van der Waals surface area contributed by atoms with E-state index >= 15 is 0 Å². The van der Waals surface area contributed by atoms with Gasteiger partial charge >= 0.3 is 0 Å². The number of amides is 2. The minimum Gasteiger partial charge on any atom is -0.484 e. The summed E-state index contributed by atoms with van der Waals surface area (Å²) in [5, 5.41) is 7.27. The molecule has 1 aromatic heterocycles. The van der Waals surface area contributed by atoms with Crippen molar-refractivity contribution < 1.29 is 14.3 Å². The highest BCUT2D eigenvalue weighted by Crippen LogP contribution is 2.60. The summed E-state index contributed by atoms with van der Waals surface area (Å²) in [4.78, 5) is 28.5. The lowest BCUT2D eigenvalue weighted by atomic mass is 9.44. The third kappa shape index (κ3) is 3.77. The quantitative estimate of drug-likeness (QED) is 0.719. The summed E-state index contributed by atoms with van der Waals surface area (Å²) in [6.07, 6.45) is 3.52. The van der Waals surface area contributed by atoms with E-state index in [9.17, 15) is 9.59 Å². The van der Waals surface area contributed by atoms with Gasteiger partial charge in [0.05, 0.1) is 15.1 Å². The first-order valence-electron chi connectivity index (χ1n) is 8.61. The predicted molar refractivity (Wildman–Crippen MR) is 106 cm³/mol. The van der Waals surface area contributed by atoms with E-state index in [0.29, 0.717) is 45.8 Å². The Hall–Kier alpha value is -2.02. The van der Waals surface area contributed by atoms with Crippen LogP contribution in [0.25, 0.3) is 0 Å². The van der Waals surface area contributed by atoms with Gasteiger partial charge in [-0.05, 0) is 43.5 Å². The average Bonchev–Trinajstić information content (AvgIpc) is 2.60. The lowest BCUT2D eigenvalue weighted by Crippen LogP contribution is -2.84. The number of nitrogens with zero attached hydrogens (tertiary/aromatic N) is 1. The molecule has 0 atom stereocenters. The van der Waals surface area contributed by atoms with Crippen molar-refractivity contribution in [3.8, 4) is 5.75 Å². The van der Waals surface area contributed by atoms with Crippen molar-refractivity contribution in [3.05, 3.63) is 57.3 Å². The maximum Gasteiger partial charge on any atom is 0.270 e. The molecule has 0 unspecified atom stereocenters. The molecule has 9 heteroatoms. The summed E-state index contributed by atoms with van der Waals surface area (Å²) < 4.78 is 5.45. The molecule has 3 saturated carbocycles.